The van der Waals surface area contributed by atoms with Crippen molar-refractivity contribution in [3.8, 4) is 0 Å². The monoisotopic (exact) mass is 170 g/mol. The average Bonchev–Trinajstić information content (AvgIpc) is 2.29. The summed E-state index contributed by atoms with van der Waals surface area (Å²) in [7, 11) is -2.47. The van der Waals surface area contributed by atoms with Crippen molar-refractivity contribution in [2.24, 2.45) is 5.92 Å². The molecule has 2 nitrogen and oxygen atoms in total. The molecule has 2 N–H and O–H groups in total. The molecule has 0 saturated carbocycles. The predicted octanol–water partition coefficient (Wildman–Crippen LogP) is 2.38. The lowest BCUT2D eigenvalue weighted by Crippen LogP contribution is -2.17. The first-order valence-corrected chi connectivity index (χ1v) is 5.18. The molecule has 0 aromatic rings. The van der Waals surface area contributed by atoms with Crippen LogP contribution in [0.4, 0.5) is 0 Å². The minimum Gasteiger partial charge on any atom is -0.295 e. The zero-order chi connectivity index (χ0) is 7.90. The smallest absolute Gasteiger partial charge is 0.0809 e. The largest absolute Gasteiger partial charge is 0.295 e. The summed E-state index contributed by atoms with van der Waals surface area (Å²) in [5, 5.41) is 1.43. The molecule has 1 aliphatic carbocycles. The lowest BCUT2D eigenvalue weighted by Gasteiger charge is -2.33. The van der Waals surface area contributed by atoms with Crippen LogP contribution in [-0.2, 0) is 0 Å². The first kappa shape index (κ1) is 7.16. The van der Waals surface area contributed by atoms with Gasteiger partial charge in [-0.25, -0.2) is 0 Å². The fourth-order valence-electron chi connectivity index (χ4n) is 1.42. The van der Waals surface area contributed by atoms with E-state index in [2.05, 4.69) is 0 Å². The van der Waals surface area contributed by atoms with Gasteiger partial charge in [-0.1, -0.05) is 30.4 Å². The molecule has 0 aromatic carbocycles. The van der Waals surface area contributed by atoms with Crippen LogP contribution >= 0.6 is 10.6 Å². The Balaban J connectivity index is 2.32. The SMILES string of the molecule is OS1(O)C=C[C@@H]2C=CC=C[C@H]21. The van der Waals surface area contributed by atoms with Crippen LogP contribution in [0.15, 0.2) is 35.8 Å². The van der Waals surface area contributed by atoms with Gasteiger partial charge >= 0.3 is 0 Å². The van der Waals surface area contributed by atoms with E-state index < -0.39 is 10.6 Å². The van der Waals surface area contributed by atoms with Gasteiger partial charge in [0, 0.05) is 11.3 Å². The van der Waals surface area contributed by atoms with Crippen LogP contribution < -0.4 is 0 Å². The van der Waals surface area contributed by atoms with Crippen molar-refractivity contribution >= 4 is 10.6 Å². The maximum Gasteiger partial charge on any atom is 0.0809 e. The van der Waals surface area contributed by atoms with Gasteiger partial charge in [0.1, 0.15) is 0 Å². The maximum absolute atomic E-state index is 9.46. The average molecular weight is 170 g/mol. The van der Waals surface area contributed by atoms with Gasteiger partial charge in [-0.3, -0.25) is 9.11 Å². The third kappa shape index (κ3) is 1.05. The molecule has 0 spiro atoms. The van der Waals surface area contributed by atoms with Gasteiger partial charge in [0.2, 0.25) is 0 Å². The molecule has 1 heterocycles. The van der Waals surface area contributed by atoms with Crippen molar-refractivity contribution in [3.05, 3.63) is 35.8 Å². The molecule has 0 bridgehead atoms. The Labute approximate surface area is 67.3 Å². The normalized spacial score (nSPS) is 40.5. The number of hydrogen-bond acceptors (Lipinski definition) is 2. The molecule has 3 heteroatoms. The molecular weight excluding hydrogens is 160 g/mol. The summed E-state index contributed by atoms with van der Waals surface area (Å²) < 4.78 is 18.9. The Morgan fingerprint density at radius 1 is 1.00 bits per heavy atom. The third-order valence-corrected chi connectivity index (χ3v) is 3.86. The lowest BCUT2D eigenvalue weighted by atomic mass is 10.0. The molecule has 11 heavy (non-hydrogen) atoms. The number of allylic oxidation sites excluding steroid dienone is 4. The highest BCUT2D eigenvalue weighted by molar-refractivity contribution is 8.27. The van der Waals surface area contributed by atoms with Gasteiger partial charge in [-0.05, 0) is 0 Å². The second-order valence-corrected chi connectivity index (χ2v) is 4.87. The Bertz CT molecular complexity index is 253. The molecule has 0 fully saturated rings. The van der Waals surface area contributed by atoms with Crippen molar-refractivity contribution in [2.45, 2.75) is 5.25 Å². The van der Waals surface area contributed by atoms with Crippen molar-refractivity contribution < 1.29 is 9.11 Å². The van der Waals surface area contributed by atoms with Crippen LogP contribution in [0.3, 0.4) is 0 Å². The number of hydrogen-bond donors (Lipinski definition) is 2. The van der Waals surface area contributed by atoms with E-state index in [1.165, 1.54) is 5.41 Å². The molecule has 0 saturated heterocycles. The van der Waals surface area contributed by atoms with E-state index >= 15 is 0 Å². The van der Waals surface area contributed by atoms with Gasteiger partial charge in [0.05, 0.1) is 5.25 Å². The van der Waals surface area contributed by atoms with Gasteiger partial charge in [-0.15, -0.1) is 0 Å². The molecule has 0 amide bonds. The highest BCUT2D eigenvalue weighted by Gasteiger charge is 2.32. The Kier molecular flexibility index (Phi) is 1.45. The summed E-state index contributed by atoms with van der Waals surface area (Å²) in [6, 6.07) is 0. The number of rotatable bonds is 0. The van der Waals surface area contributed by atoms with Crippen molar-refractivity contribution in [1.82, 2.24) is 0 Å². The van der Waals surface area contributed by atoms with Crippen LogP contribution in [0.1, 0.15) is 0 Å². The molecule has 2 atom stereocenters. The van der Waals surface area contributed by atoms with Crippen LogP contribution in [0.5, 0.6) is 0 Å². The van der Waals surface area contributed by atoms with Gasteiger partial charge in [-0.2, -0.15) is 10.6 Å². The van der Waals surface area contributed by atoms with Crippen molar-refractivity contribution in [2.75, 3.05) is 0 Å². The highest BCUT2D eigenvalue weighted by Crippen LogP contribution is 2.55. The maximum atomic E-state index is 9.46. The second-order valence-electron chi connectivity index (χ2n) is 2.78. The first-order chi connectivity index (χ1) is 5.20. The molecule has 60 valence electrons. The molecule has 1 aliphatic heterocycles. The van der Waals surface area contributed by atoms with Gasteiger partial charge in [0.25, 0.3) is 0 Å². The van der Waals surface area contributed by atoms with Crippen LogP contribution in [0.25, 0.3) is 0 Å². The minimum absolute atomic E-state index is 0.104. The summed E-state index contributed by atoms with van der Waals surface area (Å²) in [6.07, 6.45) is 9.51. The summed E-state index contributed by atoms with van der Waals surface area (Å²) in [5.74, 6) is 0.199. The second kappa shape index (κ2) is 2.24. The van der Waals surface area contributed by atoms with Crippen molar-refractivity contribution in [1.29, 1.82) is 0 Å². The van der Waals surface area contributed by atoms with E-state index in [4.69, 9.17) is 0 Å². The Morgan fingerprint density at radius 3 is 2.45 bits per heavy atom. The molecular formula is C8H10O2S. The summed E-state index contributed by atoms with van der Waals surface area (Å²) in [4.78, 5) is 0. The van der Waals surface area contributed by atoms with E-state index in [0.717, 1.165) is 0 Å². The van der Waals surface area contributed by atoms with Gasteiger partial charge < -0.3 is 0 Å². The standard InChI is InChI=1S/C8H10O2S/c9-11(10)6-5-7-3-1-2-4-8(7)11/h1-10H/t7-,8+/m0/s1. The predicted molar refractivity (Wildman–Crippen MR) is 47.5 cm³/mol. The summed E-state index contributed by atoms with van der Waals surface area (Å²) in [6.45, 7) is 0. The van der Waals surface area contributed by atoms with E-state index in [0.29, 0.717) is 0 Å². The fraction of sp³-hybridized carbons (Fsp3) is 0.250. The van der Waals surface area contributed by atoms with Crippen molar-refractivity contribution in [3.63, 3.8) is 0 Å². The molecule has 0 radical (unpaired) electrons. The molecule has 2 rings (SSSR count). The third-order valence-electron chi connectivity index (χ3n) is 2.03. The summed E-state index contributed by atoms with van der Waals surface area (Å²) in [5.41, 5.74) is 0. The molecule has 0 unspecified atom stereocenters. The van der Waals surface area contributed by atoms with E-state index in [1.807, 2.05) is 30.4 Å². The zero-order valence-electron chi connectivity index (χ0n) is 5.92. The quantitative estimate of drug-likeness (QED) is 0.586. The fourth-order valence-corrected chi connectivity index (χ4v) is 2.98. The molecule has 0 aromatic heterocycles. The Morgan fingerprint density at radius 2 is 1.73 bits per heavy atom. The Hall–Kier alpha value is -0.510. The van der Waals surface area contributed by atoms with Gasteiger partial charge in [0.15, 0.2) is 0 Å². The van der Waals surface area contributed by atoms with Crippen LogP contribution in [-0.4, -0.2) is 14.4 Å². The minimum atomic E-state index is -2.47. The topological polar surface area (TPSA) is 40.5 Å². The van der Waals surface area contributed by atoms with E-state index in [-0.39, 0.29) is 11.2 Å². The number of fused-ring (bicyclic) bond motifs is 1. The zero-order valence-corrected chi connectivity index (χ0v) is 6.74. The highest BCUT2D eigenvalue weighted by atomic mass is 32.3. The van der Waals surface area contributed by atoms with Crippen LogP contribution in [0.2, 0.25) is 0 Å². The van der Waals surface area contributed by atoms with Crippen LogP contribution in [0, 0.1) is 5.92 Å². The molecule has 2 aliphatic rings. The summed E-state index contributed by atoms with van der Waals surface area (Å²) >= 11 is 0. The lowest BCUT2D eigenvalue weighted by molar-refractivity contribution is 0.488. The van der Waals surface area contributed by atoms with E-state index in [9.17, 15) is 9.11 Å². The van der Waals surface area contributed by atoms with E-state index in [1.54, 1.807) is 0 Å². The first-order valence-electron chi connectivity index (χ1n) is 3.50.